The lowest BCUT2D eigenvalue weighted by Crippen LogP contribution is -2.43. The van der Waals surface area contributed by atoms with Gasteiger partial charge in [-0.3, -0.25) is 4.99 Å². The summed E-state index contributed by atoms with van der Waals surface area (Å²) >= 11 is 7.81. The average molecular weight is 497 g/mol. The Kier molecular flexibility index (Phi) is 8.56. The van der Waals surface area contributed by atoms with E-state index in [0.29, 0.717) is 24.1 Å². The van der Waals surface area contributed by atoms with Crippen molar-refractivity contribution in [3.8, 4) is 0 Å². The van der Waals surface area contributed by atoms with Crippen LogP contribution in [0.1, 0.15) is 30.0 Å². The number of thiazole rings is 1. The van der Waals surface area contributed by atoms with Crippen LogP contribution in [0.2, 0.25) is 5.02 Å². The highest BCUT2D eigenvalue weighted by atomic mass is 127. The normalized spacial score (nSPS) is 11.8. The molecule has 0 spiro atoms. The Morgan fingerprint density at radius 1 is 1.36 bits per heavy atom. The van der Waals surface area contributed by atoms with E-state index in [0.717, 1.165) is 11.3 Å². The van der Waals surface area contributed by atoms with Crippen molar-refractivity contribution in [3.63, 3.8) is 0 Å². The standard InChI is InChI=1S/C17H22ClFN4S.HI/c1-11-15(24-10-23-11)8-21-16(20-4)22-9-17(2,3)13-6-5-12(19)7-14(13)18;/h5-7,10H,8-9H2,1-4H3,(H2,20,21,22);1H. The van der Waals surface area contributed by atoms with Crippen molar-refractivity contribution in [1.82, 2.24) is 15.6 Å². The summed E-state index contributed by atoms with van der Waals surface area (Å²) in [5.74, 6) is 0.374. The number of hydrogen-bond acceptors (Lipinski definition) is 3. The van der Waals surface area contributed by atoms with Gasteiger partial charge in [0.2, 0.25) is 0 Å². The molecule has 0 amide bonds. The summed E-state index contributed by atoms with van der Waals surface area (Å²) in [7, 11) is 1.73. The Balaban J connectivity index is 0.00000312. The zero-order valence-corrected chi connectivity index (χ0v) is 18.6. The smallest absolute Gasteiger partial charge is 0.191 e. The number of aliphatic imine (C=N–C) groups is 1. The number of hydrogen-bond donors (Lipinski definition) is 2. The van der Waals surface area contributed by atoms with Crippen LogP contribution < -0.4 is 10.6 Å². The molecule has 2 aromatic rings. The van der Waals surface area contributed by atoms with E-state index in [-0.39, 0.29) is 35.2 Å². The molecule has 1 aromatic carbocycles. The SMILES string of the molecule is CN=C(NCc1scnc1C)NCC(C)(C)c1ccc(F)cc1Cl.I. The maximum Gasteiger partial charge on any atom is 0.191 e. The first kappa shape index (κ1) is 22.1. The molecule has 0 aliphatic heterocycles. The molecular weight excluding hydrogens is 474 g/mol. The molecule has 0 atom stereocenters. The van der Waals surface area contributed by atoms with Crippen molar-refractivity contribution in [2.45, 2.75) is 32.7 Å². The fourth-order valence-electron chi connectivity index (χ4n) is 2.32. The maximum absolute atomic E-state index is 13.2. The van der Waals surface area contributed by atoms with E-state index >= 15 is 0 Å². The quantitative estimate of drug-likeness (QED) is 0.364. The van der Waals surface area contributed by atoms with Crippen molar-refractivity contribution in [1.29, 1.82) is 0 Å². The lowest BCUT2D eigenvalue weighted by atomic mass is 9.84. The third kappa shape index (κ3) is 6.07. The van der Waals surface area contributed by atoms with Gasteiger partial charge in [0.15, 0.2) is 5.96 Å². The molecule has 0 saturated carbocycles. The molecule has 2 N–H and O–H groups in total. The summed E-state index contributed by atoms with van der Waals surface area (Å²) < 4.78 is 13.2. The molecule has 138 valence electrons. The highest BCUT2D eigenvalue weighted by Gasteiger charge is 2.24. The molecule has 0 bridgehead atoms. The number of aromatic nitrogens is 1. The molecule has 2 rings (SSSR count). The molecule has 0 unspecified atom stereocenters. The number of nitrogens with zero attached hydrogens (tertiary/aromatic N) is 2. The molecule has 0 radical (unpaired) electrons. The molecule has 4 nitrogen and oxygen atoms in total. The highest BCUT2D eigenvalue weighted by Crippen LogP contribution is 2.29. The zero-order chi connectivity index (χ0) is 17.7. The van der Waals surface area contributed by atoms with Gasteiger partial charge in [-0.15, -0.1) is 35.3 Å². The predicted octanol–water partition coefficient (Wildman–Crippen LogP) is 4.50. The van der Waals surface area contributed by atoms with Gasteiger partial charge in [0, 0.05) is 28.9 Å². The number of halogens is 3. The second-order valence-electron chi connectivity index (χ2n) is 6.15. The minimum atomic E-state index is -0.329. The molecule has 0 saturated heterocycles. The van der Waals surface area contributed by atoms with E-state index in [1.54, 1.807) is 24.5 Å². The van der Waals surface area contributed by atoms with Crippen molar-refractivity contribution in [2.75, 3.05) is 13.6 Å². The van der Waals surface area contributed by atoms with Crippen LogP contribution in [0.15, 0.2) is 28.7 Å². The summed E-state index contributed by atoms with van der Waals surface area (Å²) in [5, 5.41) is 7.01. The molecule has 0 aliphatic carbocycles. The Labute approximate surface area is 174 Å². The van der Waals surface area contributed by atoms with Gasteiger partial charge in [-0.25, -0.2) is 9.37 Å². The van der Waals surface area contributed by atoms with E-state index in [9.17, 15) is 4.39 Å². The Hall–Kier alpha value is -0.930. The minimum Gasteiger partial charge on any atom is -0.356 e. The average Bonchev–Trinajstić information content (AvgIpc) is 2.92. The fourth-order valence-corrected chi connectivity index (χ4v) is 3.46. The summed E-state index contributed by atoms with van der Waals surface area (Å²) in [5.41, 5.74) is 3.48. The minimum absolute atomic E-state index is 0. The first-order chi connectivity index (χ1) is 11.3. The Morgan fingerprint density at radius 2 is 2.08 bits per heavy atom. The summed E-state index contributed by atoms with van der Waals surface area (Å²) in [6.07, 6.45) is 0. The van der Waals surface area contributed by atoms with E-state index in [4.69, 9.17) is 11.6 Å². The van der Waals surface area contributed by atoms with E-state index < -0.39 is 0 Å². The van der Waals surface area contributed by atoms with Gasteiger partial charge in [-0.1, -0.05) is 31.5 Å². The number of benzene rings is 1. The third-order valence-corrected chi connectivity index (χ3v) is 5.09. The first-order valence-electron chi connectivity index (χ1n) is 7.62. The number of guanidine groups is 1. The third-order valence-electron chi connectivity index (χ3n) is 3.84. The summed E-state index contributed by atoms with van der Waals surface area (Å²) in [4.78, 5) is 9.65. The monoisotopic (exact) mass is 496 g/mol. The van der Waals surface area contributed by atoms with Crippen LogP contribution in [0.3, 0.4) is 0 Å². The van der Waals surface area contributed by atoms with Crippen LogP contribution in [0, 0.1) is 12.7 Å². The summed E-state index contributed by atoms with van der Waals surface area (Å²) in [6.45, 7) is 7.39. The Bertz CT molecular complexity index is 733. The fraction of sp³-hybridized carbons (Fsp3) is 0.412. The molecule has 1 aromatic heterocycles. The number of nitrogens with one attached hydrogen (secondary N) is 2. The van der Waals surface area contributed by atoms with Crippen molar-refractivity contribution < 1.29 is 4.39 Å². The van der Waals surface area contributed by atoms with E-state index in [1.165, 1.54) is 17.0 Å². The number of aryl methyl sites for hydroxylation is 1. The van der Waals surface area contributed by atoms with Gasteiger partial charge >= 0.3 is 0 Å². The van der Waals surface area contributed by atoms with Crippen molar-refractivity contribution >= 4 is 52.9 Å². The molecule has 0 fully saturated rings. The van der Waals surface area contributed by atoms with E-state index in [2.05, 4.69) is 34.5 Å². The van der Waals surface area contributed by atoms with Gasteiger partial charge < -0.3 is 10.6 Å². The van der Waals surface area contributed by atoms with E-state index in [1.807, 2.05) is 12.4 Å². The van der Waals surface area contributed by atoms with Gasteiger partial charge in [0.25, 0.3) is 0 Å². The molecule has 8 heteroatoms. The second-order valence-corrected chi connectivity index (χ2v) is 7.49. The lowest BCUT2D eigenvalue weighted by molar-refractivity contribution is 0.507. The number of rotatable bonds is 5. The molecule has 1 heterocycles. The van der Waals surface area contributed by atoms with Crippen LogP contribution in [0.5, 0.6) is 0 Å². The summed E-state index contributed by atoms with van der Waals surface area (Å²) in [6, 6.07) is 4.51. The van der Waals surface area contributed by atoms with Crippen molar-refractivity contribution in [2.24, 2.45) is 4.99 Å². The maximum atomic E-state index is 13.2. The van der Waals surface area contributed by atoms with Gasteiger partial charge in [-0.2, -0.15) is 0 Å². The van der Waals surface area contributed by atoms with Crippen LogP contribution in [0.4, 0.5) is 4.39 Å². The van der Waals surface area contributed by atoms with Gasteiger partial charge in [0.1, 0.15) is 5.82 Å². The second kappa shape index (κ2) is 9.68. The Morgan fingerprint density at radius 3 is 2.64 bits per heavy atom. The zero-order valence-electron chi connectivity index (χ0n) is 14.7. The largest absolute Gasteiger partial charge is 0.356 e. The van der Waals surface area contributed by atoms with Gasteiger partial charge in [-0.05, 0) is 24.6 Å². The van der Waals surface area contributed by atoms with Crippen LogP contribution in [-0.4, -0.2) is 24.5 Å². The van der Waals surface area contributed by atoms with Crippen LogP contribution >= 0.6 is 46.9 Å². The van der Waals surface area contributed by atoms with Crippen LogP contribution in [-0.2, 0) is 12.0 Å². The van der Waals surface area contributed by atoms with Gasteiger partial charge in [0.05, 0.1) is 17.7 Å². The molecule has 25 heavy (non-hydrogen) atoms. The van der Waals surface area contributed by atoms with Crippen molar-refractivity contribution in [3.05, 3.63) is 50.7 Å². The lowest BCUT2D eigenvalue weighted by Gasteiger charge is -2.27. The first-order valence-corrected chi connectivity index (χ1v) is 8.88. The topological polar surface area (TPSA) is 49.3 Å². The predicted molar refractivity (Wildman–Crippen MR) is 115 cm³/mol. The molecular formula is C17H23ClFIN4S. The highest BCUT2D eigenvalue weighted by molar-refractivity contribution is 14.0. The van der Waals surface area contributed by atoms with Crippen LogP contribution in [0.25, 0.3) is 0 Å². The molecule has 0 aliphatic rings.